The van der Waals surface area contributed by atoms with E-state index in [4.69, 9.17) is 4.42 Å². The minimum atomic E-state index is -1.22. The first kappa shape index (κ1) is 17.2. The number of Topliss-reactive ketones (excluding diaryl/α,β-unsaturated/α-hetero) is 1. The van der Waals surface area contributed by atoms with Crippen LogP contribution in [0.25, 0.3) is 0 Å². The quantitative estimate of drug-likeness (QED) is 0.674. The van der Waals surface area contributed by atoms with Crippen molar-refractivity contribution in [2.45, 2.75) is 6.04 Å². The molecule has 4 rings (SSSR count). The summed E-state index contributed by atoms with van der Waals surface area (Å²) in [6.45, 7) is 0. The number of hydrogen-bond donors (Lipinski definition) is 1. The lowest BCUT2D eigenvalue weighted by Crippen LogP contribution is -2.31. The zero-order valence-electron chi connectivity index (χ0n) is 13.6. The van der Waals surface area contributed by atoms with E-state index in [0.717, 1.165) is 34.4 Å². The molecule has 3 aromatic rings. The van der Waals surface area contributed by atoms with Gasteiger partial charge in [0.25, 0.3) is 5.91 Å². The summed E-state index contributed by atoms with van der Waals surface area (Å²) >= 11 is 1.13. The molecule has 8 heteroatoms. The van der Waals surface area contributed by atoms with Crippen molar-refractivity contribution in [1.29, 1.82) is 0 Å². The molecule has 1 atom stereocenters. The fourth-order valence-electron chi connectivity index (χ4n) is 3.01. The maximum absolute atomic E-state index is 14.4. The summed E-state index contributed by atoms with van der Waals surface area (Å²) in [6.07, 6.45) is 1.32. The highest BCUT2D eigenvalue weighted by molar-refractivity contribution is 7.12. The van der Waals surface area contributed by atoms with Gasteiger partial charge in [-0.05, 0) is 35.7 Å². The predicted molar refractivity (Wildman–Crippen MR) is 93.6 cm³/mol. The normalized spacial score (nSPS) is 17.0. The second kappa shape index (κ2) is 6.48. The average Bonchev–Trinajstić information content (AvgIpc) is 3.39. The zero-order valence-corrected chi connectivity index (χ0v) is 14.4. The van der Waals surface area contributed by atoms with E-state index in [1.54, 1.807) is 17.5 Å². The van der Waals surface area contributed by atoms with E-state index in [0.29, 0.717) is 4.88 Å². The van der Waals surface area contributed by atoms with E-state index in [9.17, 15) is 23.5 Å². The second-order valence-electron chi connectivity index (χ2n) is 5.76. The van der Waals surface area contributed by atoms with Gasteiger partial charge in [-0.2, -0.15) is 0 Å². The van der Waals surface area contributed by atoms with E-state index < -0.39 is 40.8 Å². The Bertz CT molecular complexity index is 1060. The molecule has 27 heavy (non-hydrogen) atoms. The first-order chi connectivity index (χ1) is 13.0. The van der Waals surface area contributed by atoms with Gasteiger partial charge < -0.3 is 9.52 Å². The highest BCUT2D eigenvalue weighted by Gasteiger charge is 2.47. The minimum Gasteiger partial charge on any atom is -0.503 e. The number of benzene rings is 1. The zero-order chi connectivity index (χ0) is 19.1. The Hall–Kier alpha value is -3.26. The molecular weight excluding hydrogens is 376 g/mol. The Morgan fingerprint density at radius 3 is 2.67 bits per heavy atom. The molecule has 3 heterocycles. The Kier molecular flexibility index (Phi) is 4.12. The summed E-state index contributed by atoms with van der Waals surface area (Å²) in [5.74, 6) is -3.93. The highest BCUT2D eigenvalue weighted by Crippen LogP contribution is 2.43. The first-order valence-corrected chi connectivity index (χ1v) is 8.70. The third-order valence-electron chi connectivity index (χ3n) is 4.18. The third kappa shape index (κ3) is 2.74. The topological polar surface area (TPSA) is 70.8 Å². The summed E-state index contributed by atoms with van der Waals surface area (Å²) in [7, 11) is 0. The van der Waals surface area contributed by atoms with Gasteiger partial charge in [-0.25, -0.2) is 8.78 Å². The fourth-order valence-corrected chi connectivity index (χ4v) is 3.69. The highest BCUT2D eigenvalue weighted by atomic mass is 32.1. The molecule has 0 fully saturated rings. The lowest BCUT2D eigenvalue weighted by atomic mass is 10.00. The molecule has 2 aromatic heterocycles. The maximum Gasteiger partial charge on any atom is 0.294 e. The van der Waals surface area contributed by atoms with E-state index in [1.807, 2.05) is 0 Å². The lowest BCUT2D eigenvalue weighted by molar-refractivity contribution is -0.117. The van der Waals surface area contributed by atoms with Crippen molar-refractivity contribution in [1.82, 2.24) is 0 Å². The fraction of sp³-hybridized carbons (Fsp3) is 0.0526. The summed E-state index contributed by atoms with van der Waals surface area (Å²) in [5.41, 5.74) is -0.650. The molecule has 136 valence electrons. The average molecular weight is 387 g/mol. The molecule has 1 amide bonds. The second-order valence-corrected chi connectivity index (χ2v) is 6.71. The number of amides is 1. The van der Waals surface area contributed by atoms with Crippen LogP contribution < -0.4 is 4.90 Å². The van der Waals surface area contributed by atoms with Crippen molar-refractivity contribution < 1.29 is 27.9 Å². The van der Waals surface area contributed by atoms with Gasteiger partial charge >= 0.3 is 0 Å². The van der Waals surface area contributed by atoms with Crippen molar-refractivity contribution in [3.8, 4) is 0 Å². The molecule has 0 radical (unpaired) electrons. The molecule has 0 spiro atoms. The van der Waals surface area contributed by atoms with Crippen LogP contribution in [0.4, 0.5) is 14.5 Å². The van der Waals surface area contributed by atoms with E-state index in [2.05, 4.69) is 0 Å². The molecule has 1 N–H and O–H groups in total. The molecule has 1 aliphatic rings. The van der Waals surface area contributed by atoms with Crippen LogP contribution in [0.1, 0.15) is 21.5 Å². The van der Waals surface area contributed by atoms with Crippen molar-refractivity contribution in [3.05, 3.63) is 87.7 Å². The molecule has 1 unspecified atom stereocenters. The molecule has 0 bridgehead atoms. The predicted octanol–water partition coefficient (Wildman–Crippen LogP) is 4.40. The SMILES string of the molecule is O=C(C1=C(O)C(=O)N(c2cc(F)ccc2F)C1c1ccco1)c1cccs1. The largest absolute Gasteiger partial charge is 0.503 e. The van der Waals surface area contributed by atoms with Crippen LogP contribution in [-0.2, 0) is 4.79 Å². The maximum atomic E-state index is 14.4. The number of carbonyl (C=O) groups excluding carboxylic acids is 2. The number of thiophene rings is 1. The lowest BCUT2D eigenvalue weighted by Gasteiger charge is -2.25. The smallest absolute Gasteiger partial charge is 0.294 e. The number of aliphatic hydroxyl groups is 1. The van der Waals surface area contributed by atoms with Gasteiger partial charge in [0.15, 0.2) is 5.76 Å². The number of rotatable bonds is 4. The Balaban J connectivity index is 1.90. The van der Waals surface area contributed by atoms with Crippen LogP contribution in [0, 0.1) is 11.6 Å². The molecule has 1 aromatic carbocycles. The summed E-state index contributed by atoms with van der Waals surface area (Å²) in [4.78, 5) is 26.7. The Morgan fingerprint density at radius 1 is 1.19 bits per heavy atom. The van der Waals surface area contributed by atoms with Gasteiger partial charge in [-0.15, -0.1) is 11.3 Å². The van der Waals surface area contributed by atoms with E-state index in [-0.39, 0.29) is 11.3 Å². The van der Waals surface area contributed by atoms with Gasteiger partial charge in [0.1, 0.15) is 23.4 Å². The number of hydrogen-bond acceptors (Lipinski definition) is 5. The molecule has 0 saturated heterocycles. The number of ketones is 1. The van der Waals surface area contributed by atoms with E-state index >= 15 is 0 Å². The number of halogens is 2. The van der Waals surface area contributed by atoms with Crippen molar-refractivity contribution in [2.75, 3.05) is 4.90 Å². The van der Waals surface area contributed by atoms with Crippen LogP contribution >= 0.6 is 11.3 Å². The van der Waals surface area contributed by atoms with Crippen LogP contribution in [0.2, 0.25) is 0 Å². The third-order valence-corrected chi connectivity index (χ3v) is 5.05. The van der Waals surface area contributed by atoms with Crippen molar-refractivity contribution in [3.63, 3.8) is 0 Å². The number of nitrogens with zero attached hydrogens (tertiary/aromatic N) is 1. The Morgan fingerprint density at radius 2 is 2.00 bits per heavy atom. The van der Waals surface area contributed by atoms with E-state index in [1.165, 1.54) is 18.4 Å². The van der Waals surface area contributed by atoms with Crippen LogP contribution in [-0.4, -0.2) is 16.8 Å². The number of furan rings is 1. The first-order valence-electron chi connectivity index (χ1n) is 7.82. The van der Waals surface area contributed by atoms with Gasteiger partial charge in [0.05, 0.1) is 22.4 Å². The van der Waals surface area contributed by atoms with Gasteiger partial charge in [0, 0.05) is 6.07 Å². The molecule has 5 nitrogen and oxygen atoms in total. The summed E-state index contributed by atoms with van der Waals surface area (Å²) < 4.78 is 33.4. The standard InChI is InChI=1S/C19H11F2NO4S/c20-10-5-6-11(21)12(9-10)22-16(13-3-1-7-26-13)15(18(24)19(22)25)17(23)14-4-2-8-27-14/h1-9,16,24H. The minimum absolute atomic E-state index is 0.135. The molecule has 0 aliphatic carbocycles. The summed E-state index contributed by atoms with van der Waals surface area (Å²) in [5, 5.41) is 12.1. The molecule has 1 aliphatic heterocycles. The van der Waals surface area contributed by atoms with Crippen LogP contribution in [0.3, 0.4) is 0 Å². The van der Waals surface area contributed by atoms with Gasteiger partial charge in [0.2, 0.25) is 5.78 Å². The number of anilines is 1. The molecule has 0 saturated carbocycles. The van der Waals surface area contributed by atoms with Crippen LogP contribution in [0.5, 0.6) is 0 Å². The van der Waals surface area contributed by atoms with Gasteiger partial charge in [-0.3, -0.25) is 14.5 Å². The molecular formula is C19H11F2NO4S. The van der Waals surface area contributed by atoms with Crippen molar-refractivity contribution in [2.24, 2.45) is 0 Å². The van der Waals surface area contributed by atoms with Crippen molar-refractivity contribution >= 4 is 28.7 Å². The number of aliphatic hydroxyl groups excluding tert-OH is 1. The monoisotopic (exact) mass is 387 g/mol. The number of carbonyl (C=O) groups is 2. The van der Waals surface area contributed by atoms with Crippen LogP contribution in [0.15, 0.2) is 69.9 Å². The van der Waals surface area contributed by atoms with Gasteiger partial charge in [-0.1, -0.05) is 6.07 Å². The summed E-state index contributed by atoms with van der Waals surface area (Å²) in [6, 6.07) is 7.60. The Labute approximate surface area is 155 Å².